The van der Waals surface area contributed by atoms with Crippen LogP contribution in [0.1, 0.15) is 15.9 Å². The second-order valence-corrected chi connectivity index (χ2v) is 5.32. The fourth-order valence-corrected chi connectivity index (χ4v) is 2.43. The lowest BCUT2D eigenvalue weighted by Gasteiger charge is -1.93. The molecule has 0 saturated heterocycles. The van der Waals surface area contributed by atoms with E-state index in [9.17, 15) is 4.79 Å². The van der Waals surface area contributed by atoms with Crippen LogP contribution < -0.4 is 0 Å². The van der Waals surface area contributed by atoms with Crippen molar-refractivity contribution >= 4 is 44.7 Å². The van der Waals surface area contributed by atoms with E-state index in [0.717, 1.165) is 5.56 Å². The summed E-state index contributed by atoms with van der Waals surface area (Å²) in [5.74, 6) is 0.0268. The largest absolute Gasteiger partial charge is 0.457 e. The standard InChI is InChI=1S/C10H6BrClO2S/c11-9-3-7(4-14-9)8(13)1-6-2-10(12)15-5-6/h2-5H,1H2. The summed E-state index contributed by atoms with van der Waals surface area (Å²) in [5, 5.41) is 1.88. The van der Waals surface area contributed by atoms with Crippen molar-refractivity contribution in [3.05, 3.63) is 43.9 Å². The van der Waals surface area contributed by atoms with Crippen molar-refractivity contribution in [3.63, 3.8) is 0 Å². The number of hydrogen-bond donors (Lipinski definition) is 0. The van der Waals surface area contributed by atoms with Crippen molar-refractivity contribution in [2.75, 3.05) is 0 Å². The third-order valence-electron chi connectivity index (χ3n) is 1.88. The lowest BCUT2D eigenvalue weighted by atomic mass is 10.1. The minimum absolute atomic E-state index is 0.0268. The Bertz CT molecular complexity index is 489. The Hall–Kier alpha value is -0.580. The number of ketones is 1. The molecule has 0 unspecified atom stereocenters. The van der Waals surface area contributed by atoms with Crippen LogP contribution in [-0.4, -0.2) is 5.78 Å². The predicted molar refractivity (Wildman–Crippen MR) is 63.8 cm³/mol. The topological polar surface area (TPSA) is 30.2 Å². The van der Waals surface area contributed by atoms with Gasteiger partial charge >= 0.3 is 0 Å². The van der Waals surface area contributed by atoms with Gasteiger partial charge in [0.15, 0.2) is 10.5 Å². The van der Waals surface area contributed by atoms with E-state index >= 15 is 0 Å². The van der Waals surface area contributed by atoms with Crippen LogP contribution in [0.15, 0.2) is 32.9 Å². The molecule has 2 rings (SSSR count). The monoisotopic (exact) mass is 304 g/mol. The summed E-state index contributed by atoms with van der Waals surface area (Å²) in [7, 11) is 0. The lowest BCUT2D eigenvalue weighted by molar-refractivity contribution is 0.0992. The molecule has 5 heteroatoms. The van der Waals surface area contributed by atoms with Gasteiger partial charge in [-0.05, 0) is 32.9 Å². The molecule has 2 nitrogen and oxygen atoms in total. The van der Waals surface area contributed by atoms with E-state index in [-0.39, 0.29) is 5.78 Å². The number of halogens is 2. The number of rotatable bonds is 3. The highest BCUT2D eigenvalue weighted by Gasteiger charge is 2.11. The van der Waals surface area contributed by atoms with E-state index in [4.69, 9.17) is 16.0 Å². The van der Waals surface area contributed by atoms with Gasteiger partial charge < -0.3 is 4.42 Å². The van der Waals surface area contributed by atoms with E-state index in [0.29, 0.717) is 21.0 Å². The van der Waals surface area contributed by atoms with Crippen LogP contribution in [0.25, 0.3) is 0 Å². The minimum Gasteiger partial charge on any atom is -0.457 e. The SMILES string of the molecule is O=C(Cc1csc(Cl)c1)c1coc(Br)c1. The molecule has 15 heavy (non-hydrogen) atoms. The van der Waals surface area contributed by atoms with Crippen LogP contribution in [0.4, 0.5) is 0 Å². The Kier molecular flexibility index (Phi) is 3.29. The van der Waals surface area contributed by atoms with Crippen LogP contribution in [-0.2, 0) is 6.42 Å². The molecule has 0 N–H and O–H groups in total. The highest BCUT2D eigenvalue weighted by atomic mass is 79.9. The molecule has 0 aliphatic rings. The molecule has 78 valence electrons. The molecule has 0 aliphatic heterocycles. The number of hydrogen-bond acceptors (Lipinski definition) is 3. The highest BCUT2D eigenvalue weighted by Crippen LogP contribution is 2.22. The summed E-state index contributed by atoms with van der Waals surface area (Å²) >= 11 is 10.4. The molecule has 2 aromatic heterocycles. The maximum Gasteiger partial charge on any atom is 0.170 e. The van der Waals surface area contributed by atoms with E-state index in [1.54, 1.807) is 12.1 Å². The molecule has 0 radical (unpaired) electrons. The average Bonchev–Trinajstić information content (AvgIpc) is 2.75. The Morgan fingerprint density at radius 3 is 2.87 bits per heavy atom. The van der Waals surface area contributed by atoms with E-state index in [2.05, 4.69) is 15.9 Å². The van der Waals surface area contributed by atoms with Gasteiger partial charge in [-0.15, -0.1) is 11.3 Å². The fraction of sp³-hybridized carbons (Fsp3) is 0.100. The van der Waals surface area contributed by atoms with E-state index in [1.807, 2.05) is 5.38 Å². The molecule has 0 aliphatic carbocycles. The van der Waals surface area contributed by atoms with Crippen molar-refractivity contribution in [1.29, 1.82) is 0 Å². The first-order chi connectivity index (χ1) is 7.15. The Morgan fingerprint density at radius 1 is 1.53 bits per heavy atom. The van der Waals surface area contributed by atoms with Gasteiger partial charge in [-0.3, -0.25) is 4.79 Å². The summed E-state index contributed by atoms with van der Waals surface area (Å²) in [6.45, 7) is 0. The predicted octanol–water partition coefficient (Wildman–Crippen LogP) is 4.18. The van der Waals surface area contributed by atoms with Gasteiger partial charge in [-0.2, -0.15) is 0 Å². The van der Waals surface area contributed by atoms with Gasteiger partial charge in [-0.25, -0.2) is 0 Å². The maximum atomic E-state index is 11.7. The van der Waals surface area contributed by atoms with Gasteiger partial charge in [0.2, 0.25) is 0 Å². The molecular formula is C10H6BrClO2S. The molecule has 0 aromatic carbocycles. The summed E-state index contributed by atoms with van der Waals surface area (Å²) in [5.41, 5.74) is 1.51. The summed E-state index contributed by atoms with van der Waals surface area (Å²) in [6.07, 6.45) is 1.80. The van der Waals surface area contributed by atoms with Crippen molar-refractivity contribution in [2.45, 2.75) is 6.42 Å². The van der Waals surface area contributed by atoms with Crippen LogP contribution in [0.5, 0.6) is 0 Å². The molecule has 0 fully saturated rings. The maximum absolute atomic E-state index is 11.7. The quantitative estimate of drug-likeness (QED) is 0.796. The first kappa shape index (κ1) is 10.9. The minimum atomic E-state index is 0.0268. The first-order valence-electron chi connectivity index (χ1n) is 4.15. The van der Waals surface area contributed by atoms with Crippen LogP contribution >= 0.6 is 38.9 Å². The second-order valence-electron chi connectivity index (χ2n) is 3.00. The summed E-state index contributed by atoms with van der Waals surface area (Å²) in [6, 6.07) is 3.47. The Morgan fingerprint density at radius 2 is 2.33 bits per heavy atom. The molecule has 0 amide bonds. The number of furan rings is 1. The third kappa shape index (κ3) is 2.71. The third-order valence-corrected chi connectivity index (χ3v) is 3.43. The average molecular weight is 306 g/mol. The second kappa shape index (κ2) is 4.51. The number of carbonyl (C=O) groups is 1. The van der Waals surface area contributed by atoms with E-state index in [1.165, 1.54) is 17.6 Å². The molecule has 0 saturated carbocycles. The van der Waals surface area contributed by atoms with Gasteiger partial charge in [0, 0.05) is 12.5 Å². The summed E-state index contributed by atoms with van der Waals surface area (Å²) in [4.78, 5) is 11.7. The van der Waals surface area contributed by atoms with E-state index < -0.39 is 0 Å². The van der Waals surface area contributed by atoms with Gasteiger partial charge in [0.25, 0.3) is 0 Å². The first-order valence-corrected chi connectivity index (χ1v) is 6.20. The smallest absolute Gasteiger partial charge is 0.170 e. The van der Waals surface area contributed by atoms with Crippen LogP contribution in [0.2, 0.25) is 4.34 Å². The molecule has 0 atom stereocenters. The zero-order valence-electron chi connectivity index (χ0n) is 7.50. The van der Waals surface area contributed by atoms with Crippen LogP contribution in [0, 0.1) is 0 Å². The molecule has 0 spiro atoms. The summed E-state index contributed by atoms with van der Waals surface area (Å²) < 4.78 is 6.27. The van der Waals surface area contributed by atoms with Crippen molar-refractivity contribution in [2.24, 2.45) is 0 Å². The molecule has 2 heterocycles. The zero-order chi connectivity index (χ0) is 10.8. The van der Waals surface area contributed by atoms with Crippen molar-refractivity contribution in [1.82, 2.24) is 0 Å². The highest BCUT2D eigenvalue weighted by molar-refractivity contribution is 9.10. The van der Waals surface area contributed by atoms with Gasteiger partial charge in [0.1, 0.15) is 6.26 Å². The fourth-order valence-electron chi connectivity index (χ4n) is 1.18. The van der Waals surface area contributed by atoms with Crippen LogP contribution in [0.3, 0.4) is 0 Å². The Balaban J connectivity index is 2.10. The number of thiophene rings is 1. The normalized spacial score (nSPS) is 10.5. The van der Waals surface area contributed by atoms with Crippen molar-refractivity contribution < 1.29 is 9.21 Å². The van der Waals surface area contributed by atoms with Crippen molar-refractivity contribution in [3.8, 4) is 0 Å². The Labute approximate surface area is 104 Å². The van der Waals surface area contributed by atoms with Gasteiger partial charge in [-0.1, -0.05) is 11.6 Å². The van der Waals surface area contributed by atoms with Gasteiger partial charge in [0.05, 0.1) is 9.90 Å². The molecule has 2 aromatic rings. The lowest BCUT2D eigenvalue weighted by Crippen LogP contribution is -2.00. The number of carbonyl (C=O) groups excluding carboxylic acids is 1. The molecule has 0 bridgehead atoms. The zero-order valence-corrected chi connectivity index (χ0v) is 10.7. The molecular weight excluding hydrogens is 300 g/mol. The number of Topliss-reactive ketones (excluding diaryl/α,β-unsaturated/α-hetero) is 1.